The van der Waals surface area contributed by atoms with Gasteiger partial charge in [-0.15, -0.1) is 0 Å². The van der Waals surface area contributed by atoms with E-state index in [0.717, 1.165) is 32.1 Å². The van der Waals surface area contributed by atoms with Crippen molar-refractivity contribution < 1.29 is 9.53 Å². The predicted octanol–water partition coefficient (Wildman–Crippen LogP) is 5.92. The Balaban J connectivity index is 3.99. The number of ether oxygens (including phenoxy) is 1. The molecule has 0 saturated carbocycles. The number of carbonyl (C=O) groups is 1. The van der Waals surface area contributed by atoms with Crippen molar-refractivity contribution in [3.05, 3.63) is 47.1 Å². The topological polar surface area (TPSA) is 26.3 Å². The van der Waals surface area contributed by atoms with E-state index in [-0.39, 0.29) is 5.97 Å². The molecule has 2 heteroatoms. The molecular weight excluding hydrogens is 272 g/mol. The van der Waals surface area contributed by atoms with Crippen molar-refractivity contribution in [3.63, 3.8) is 0 Å². The van der Waals surface area contributed by atoms with Crippen molar-refractivity contribution in [2.45, 2.75) is 66.2 Å². The third kappa shape index (κ3) is 11.1. The first-order valence-electron chi connectivity index (χ1n) is 8.07. The smallest absolute Gasteiger partial charge is 0.333 e. The van der Waals surface area contributed by atoms with E-state index in [1.54, 1.807) is 0 Å². The molecule has 2 nitrogen and oxygen atoms in total. The molecule has 0 aromatic carbocycles. The minimum Gasteiger partial charge on any atom is -0.466 e. The summed E-state index contributed by atoms with van der Waals surface area (Å²) >= 11 is 0. The summed E-state index contributed by atoms with van der Waals surface area (Å²) in [5, 5.41) is 0. The van der Waals surface area contributed by atoms with Gasteiger partial charge in [0.25, 0.3) is 0 Å². The van der Waals surface area contributed by atoms with Gasteiger partial charge in [-0.05, 0) is 66.2 Å². The van der Waals surface area contributed by atoms with E-state index in [1.165, 1.54) is 23.8 Å². The highest BCUT2D eigenvalue weighted by atomic mass is 16.5. The van der Waals surface area contributed by atoms with Crippen molar-refractivity contribution in [1.29, 1.82) is 0 Å². The van der Waals surface area contributed by atoms with Crippen LogP contribution < -0.4 is 0 Å². The number of hydrogen-bond donors (Lipinski definition) is 0. The van der Waals surface area contributed by atoms with Crippen LogP contribution in [0, 0.1) is 0 Å². The Bertz CT molecular complexity index is 446. The molecule has 0 N–H and O–H groups in total. The van der Waals surface area contributed by atoms with Gasteiger partial charge in [0.2, 0.25) is 0 Å². The van der Waals surface area contributed by atoms with Crippen molar-refractivity contribution in [2.24, 2.45) is 0 Å². The van der Waals surface area contributed by atoms with E-state index in [2.05, 4.69) is 57.2 Å². The quantitative estimate of drug-likeness (QED) is 0.285. The molecule has 0 atom stereocenters. The molecule has 0 aliphatic rings. The van der Waals surface area contributed by atoms with Gasteiger partial charge in [0.1, 0.15) is 0 Å². The molecule has 0 aliphatic carbocycles. The van der Waals surface area contributed by atoms with Crippen LogP contribution in [0.5, 0.6) is 0 Å². The summed E-state index contributed by atoms with van der Waals surface area (Å²) in [6.07, 6.45) is 12.8. The molecule has 0 heterocycles. The molecular formula is C20H32O2. The largest absolute Gasteiger partial charge is 0.466 e. The van der Waals surface area contributed by atoms with Crippen molar-refractivity contribution in [3.8, 4) is 0 Å². The molecule has 0 aromatic rings. The Morgan fingerprint density at radius 1 is 0.864 bits per heavy atom. The number of esters is 1. The molecule has 0 amide bonds. The Kier molecular flexibility index (Phi) is 11.2. The first kappa shape index (κ1) is 20.4. The highest BCUT2D eigenvalue weighted by Crippen LogP contribution is 2.13. The first-order chi connectivity index (χ1) is 10.4. The van der Waals surface area contributed by atoms with E-state index in [1.807, 2.05) is 0 Å². The van der Waals surface area contributed by atoms with Crippen LogP contribution in [-0.4, -0.2) is 13.1 Å². The summed E-state index contributed by atoms with van der Waals surface area (Å²) in [5.74, 6) is -0.305. The summed E-state index contributed by atoms with van der Waals surface area (Å²) in [7, 11) is 1.39. The van der Waals surface area contributed by atoms with Crippen LogP contribution >= 0.6 is 0 Å². The number of carbonyl (C=O) groups excluding carboxylic acids is 1. The predicted molar refractivity (Wildman–Crippen MR) is 95.8 cm³/mol. The molecule has 0 rings (SSSR count). The van der Waals surface area contributed by atoms with Gasteiger partial charge in [0.05, 0.1) is 7.11 Å². The summed E-state index contributed by atoms with van der Waals surface area (Å²) in [5.41, 5.74) is 4.76. The van der Waals surface area contributed by atoms with Crippen LogP contribution in [0.15, 0.2) is 47.1 Å². The third-order valence-corrected chi connectivity index (χ3v) is 3.54. The van der Waals surface area contributed by atoms with Crippen LogP contribution in [-0.2, 0) is 9.53 Å². The van der Waals surface area contributed by atoms with Gasteiger partial charge in [-0.25, -0.2) is 4.79 Å². The average molecular weight is 304 g/mol. The van der Waals surface area contributed by atoms with Gasteiger partial charge in [0, 0.05) is 5.57 Å². The zero-order valence-corrected chi connectivity index (χ0v) is 15.0. The van der Waals surface area contributed by atoms with Crippen molar-refractivity contribution in [1.82, 2.24) is 0 Å². The molecule has 0 aliphatic heterocycles. The van der Waals surface area contributed by atoms with Crippen molar-refractivity contribution in [2.75, 3.05) is 7.11 Å². The Morgan fingerprint density at radius 3 is 1.77 bits per heavy atom. The number of methoxy groups -OCH3 is 1. The maximum Gasteiger partial charge on any atom is 0.333 e. The summed E-state index contributed by atoms with van der Waals surface area (Å²) in [6, 6.07) is 0. The lowest BCUT2D eigenvalue weighted by atomic mass is 10.0. The minimum atomic E-state index is -0.305. The van der Waals surface area contributed by atoms with Crippen LogP contribution in [0.1, 0.15) is 66.2 Å². The molecule has 0 fully saturated rings. The van der Waals surface area contributed by atoms with Gasteiger partial charge in [-0.1, -0.05) is 41.5 Å². The van der Waals surface area contributed by atoms with Crippen LogP contribution in [0.25, 0.3) is 0 Å². The summed E-state index contributed by atoms with van der Waals surface area (Å²) < 4.78 is 4.64. The Morgan fingerprint density at radius 2 is 1.32 bits per heavy atom. The van der Waals surface area contributed by atoms with Crippen LogP contribution in [0.3, 0.4) is 0 Å². The van der Waals surface area contributed by atoms with Gasteiger partial charge >= 0.3 is 5.97 Å². The molecule has 0 spiro atoms. The second kappa shape index (κ2) is 12.0. The molecule has 0 bridgehead atoms. The average Bonchev–Trinajstić information content (AvgIpc) is 2.45. The highest BCUT2D eigenvalue weighted by Gasteiger charge is 2.04. The van der Waals surface area contributed by atoms with Crippen molar-refractivity contribution >= 4 is 5.97 Å². The van der Waals surface area contributed by atoms with E-state index in [9.17, 15) is 4.79 Å². The number of rotatable bonds is 10. The fourth-order valence-corrected chi connectivity index (χ4v) is 2.08. The molecule has 22 heavy (non-hydrogen) atoms. The zero-order valence-electron chi connectivity index (χ0n) is 15.0. The summed E-state index contributed by atoms with van der Waals surface area (Å²) in [4.78, 5) is 11.2. The monoisotopic (exact) mass is 304 g/mol. The van der Waals surface area contributed by atoms with E-state index >= 15 is 0 Å². The highest BCUT2D eigenvalue weighted by molar-refractivity contribution is 5.87. The van der Waals surface area contributed by atoms with Gasteiger partial charge in [-0.2, -0.15) is 0 Å². The lowest BCUT2D eigenvalue weighted by Gasteiger charge is -2.03. The molecule has 0 unspecified atom stereocenters. The minimum absolute atomic E-state index is 0.305. The van der Waals surface area contributed by atoms with E-state index in [4.69, 9.17) is 0 Å². The molecule has 0 aromatic heterocycles. The molecule has 0 saturated heterocycles. The lowest BCUT2D eigenvalue weighted by Crippen LogP contribution is -2.02. The molecule has 124 valence electrons. The Hall–Kier alpha value is -1.57. The van der Waals surface area contributed by atoms with Crippen LogP contribution in [0.2, 0.25) is 0 Å². The lowest BCUT2D eigenvalue weighted by molar-refractivity contribution is -0.136. The zero-order chi connectivity index (χ0) is 17.0. The van der Waals surface area contributed by atoms with Gasteiger partial charge in [-0.3, -0.25) is 0 Å². The fourth-order valence-electron chi connectivity index (χ4n) is 2.08. The third-order valence-electron chi connectivity index (χ3n) is 3.54. The normalized spacial score (nSPS) is 12.0. The van der Waals surface area contributed by atoms with E-state index < -0.39 is 0 Å². The van der Waals surface area contributed by atoms with E-state index in [0.29, 0.717) is 12.0 Å². The number of allylic oxidation sites excluding steroid dienone is 6. The second-order valence-corrected chi connectivity index (χ2v) is 6.09. The fraction of sp³-hybridized carbons (Fsp3) is 0.550. The van der Waals surface area contributed by atoms with Crippen LogP contribution in [0.4, 0.5) is 0 Å². The first-order valence-corrected chi connectivity index (χ1v) is 8.07. The maximum absolute atomic E-state index is 11.2. The molecule has 0 radical (unpaired) electrons. The number of hydrogen-bond acceptors (Lipinski definition) is 2. The van der Waals surface area contributed by atoms with Gasteiger partial charge < -0.3 is 4.74 Å². The maximum atomic E-state index is 11.2. The second-order valence-electron chi connectivity index (χ2n) is 6.09. The summed E-state index contributed by atoms with van der Waals surface area (Å²) in [6.45, 7) is 12.4. The Labute approximate surface area is 136 Å². The standard InChI is InChI=1S/C20H32O2/c1-16(2)10-7-11-17(3)12-8-13-18(4)14-9-15-19(5)20(21)22-6/h10,12,14H,5,7-9,11,13,15H2,1-4,6H3. The van der Waals surface area contributed by atoms with Gasteiger partial charge in [0.15, 0.2) is 0 Å². The SMILES string of the molecule is C=C(CCC=C(C)CCC=C(C)CCC=C(C)C)C(=O)OC.